The SMILES string of the molecule is CCOC(=O)C1=C(N)Oc2[nH]c(=O)[nH]c(=O)c2[C@@H]1c1ccccc1Br. The minimum atomic E-state index is -0.862. The molecule has 0 radical (unpaired) electrons. The third-order valence-corrected chi connectivity index (χ3v) is 4.43. The van der Waals surface area contributed by atoms with E-state index in [1.54, 1.807) is 31.2 Å². The van der Waals surface area contributed by atoms with Crippen molar-refractivity contribution in [3.8, 4) is 5.88 Å². The van der Waals surface area contributed by atoms with Crippen LogP contribution in [0, 0.1) is 0 Å². The van der Waals surface area contributed by atoms with Crippen molar-refractivity contribution in [2.45, 2.75) is 12.8 Å². The lowest BCUT2D eigenvalue weighted by Crippen LogP contribution is -2.35. The molecule has 9 heteroatoms. The average Bonchev–Trinajstić information content (AvgIpc) is 2.53. The van der Waals surface area contributed by atoms with Crippen LogP contribution in [0.15, 0.2) is 49.8 Å². The van der Waals surface area contributed by atoms with E-state index < -0.39 is 23.1 Å². The number of fused-ring (bicyclic) bond motifs is 1. The van der Waals surface area contributed by atoms with Gasteiger partial charge in [-0.15, -0.1) is 0 Å². The largest absolute Gasteiger partial charge is 0.462 e. The van der Waals surface area contributed by atoms with Crippen LogP contribution in [-0.4, -0.2) is 22.5 Å². The highest BCUT2D eigenvalue weighted by atomic mass is 79.9. The number of nitrogens with two attached hydrogens (primary N) is 1. The average molecular weight is 408 g/mol. The van der Waals surface area contributed by atoms with E-state index in [9.17, 15) is 14.4 Å². The molecule has 0 aliphatic carbocycles. The highest BCUT2D eigenvalue weighted by molar-refractivity contribution is 9.10. The molecular weight excluding hydrogens is 394 g/mol. The molecule has 1 aliphatic heterocycles. The van der Waals surface area contributed by atoms with Crippen molar-refractivity contribution in [1.29, 1.82) is 0 Å². The monoisotopic (exact) mass is 407 g/mol. The molecule has 0 unspecified atom stereocenters. The number of rotatable bonds is 3. The Labute approximate surface area is 149 Å². The maximum absolute atomic E-state index is 12.5. The van der Waals surface area contributed by atoms with Gasteiger partial charge in [-0.1, -0.05) is 34.1 Å². The standard InChI is InChI=1S/C16H14BrN3O5/c1-2-24-15(22)10-9(7-5-3-4-6-8(7)17)11-13(21)19-16(23)20-14(11)25-12(10)18/h3-6,9H,2,18H2,1H3,(H2,19,20,21,23)/t9-/m1/s1. The van der Waals surface area contributed by atoms with E-state index in [2.05, 4.69) is 25.9 Å². The summed E-state index contributed by atoms with van der Waals surface area (Å²) in [5, 5.41) is 0. The number of hydrogen-bond acceptors (Lipinski definition) is 6. The van der Waals surface area contributed by atoms with E-state index in [1.807, 2.05) is 0 Å². The van der Waals surface area contributed by atoms with Gasteiger partial charge in [-0.25, -0.2) is 9.59 Å². The highest BCUT2D eigenvalue weighted by Crippen LogP contribution is 2.41. The zero-order chi connectivity index (χ0) is 18.1. The van der Waals surface area contributed by atoms with Gasteiger partial charge >= 0.3 is 11.7 Å². The number of H-pyrrole nitrogens is 2. The number of aromatic amines is 2. The van der Waals surface area contributed by atoms with Crippen molar-refractivity contribution >= 4 is 21.9 Å². The molecule has 1 atom stereocenters. The molecule has 2 heterocycles. The number of halogens is 1. The van der Waals surface area contributed by atoms with Gasteiger partial charge in [0.25, 0.3) is 5.56 Å². The van der Waals surface area contributed by atoms with Gasteiger partial charge in [-0.05, 0) is 18.6 Å². The molecular formula is C16H14BrN3O5. The Morgan fingerprint density at radius 3 is 2.72 bits per heavy atom. The second-order valence-corrected chi connectivity index (χ2v) is 6.06. The summed E-state index contributed by atoms with van der Waals surface area (Å²) in [6, 6.07) is 7.06. The summed E-state index contributed by atoms with van der Waals surface area (Å²) in [5.74, 6) is -1.89. The fourth-order valence-corrected chi connectivity index (χ4v) is 3.23. The molecule has 4 N–H and O–H groups in total. The van der Waals surface area contributed by atoms with E-state index in [0.29, 0.717) is 10.0 Å². The van der Waals surface area contributed by atoms with Gasteiger partial charge in [0.05, 0.1) is 18.1 Å². The normalized spacial score (nSPS) is 16.2. The second kappa shape index (κ2) is 6.60. The van der Waals surface area contributed by atoms with E-state index >= 15 is 0 Å². The Hall–Kier alpha value is -2.81. The van der Waals surface area contributed by atoms with E-state index in [1.165, 1.54) is 0 Å². The maximum Gasteiger partial charge on any atom is 0.340 e. The lowest BCUT2D eigenvalue weighted by atomic mass is 9.84. The van der Waals surface area contributed by atoms with Gasteiger partial charge in [0.2, 0.25) is 11.8 Å². The van der Waals surface area contributed by atoms with Crippen molar-refractivity contribution in [1.82, 2.24) is 9.97 Å². The van der Waals surface area contributed by atoms with E-state index in [4.69, 9.17) is 15.2 Å². The van der Waals surface area contributed by atoms with Gasteiger partial charge in [0.1, 0.15) is 5.57 Å². The number of hydrogen-bond donors (Lipinski definition) is 3. The number of carbonyl (C=O) groups excluding carboxylic acids is 1. The number of esters is 1. The molecule has 130 valence electrons. The fraction of sp³-hybridized carbons (Fsp3) is 0.188. The molecule has 1 aliphatic rings. The third-order valence-electron chi connectivity index (χ3n) is 3.71. The molecule has 1 aromatic carbocycles. The number of benzene rings is 1. The van der Waals surface area contributed by atoms with Crippen molar-refractivity contribution < 1.29 is 14.3 Å². The maximum atomic E-state index is 12.5. The lowest BCUT2D eigenvalue weighted by Gasteiger charge is -2.27. The summed E-state index contributed by atoms with van der Waals surface area (Å²) in [6.45, 7) is 1.79. The Kier molecular flexibility index (Phi) is 4.49. The number of nitrogens with one attached hydrogen (secondary N) is 2. The van der Waals surface area contributed by atoms with Crippen molar-refractivity contribution in [2.24, 2.45) is 5.73 Å². The topological polar surface area (TPSA) is 127 Å². The Morgan fingerprint density at radius 1 is 1.32 bits per heavy atom. The first-order valence-electron chi connectivity index (χ1n) is 7.39. The predicted octanol–water partition coefficient (Wildman–Crippen LogP) is 1.08. The highest BCUT2D eigenvalue weighted by Gasteiger charge is 2.39. The molecule has 2 aromatic rings. The second-order valence-electron chi connectivity index (χ2n) is 5.21. The number of aromatic nitrogens is 2. The Morgan fingerprint density at radius 2 is 2.04 bits per heavy atom. The summed E-state index contributed by atoms with van der Waals surface area (Å²) < 4.78 is 11.1. The molecule has 0 saturated heterocycles. The van der Waals surface area contributed by atoms with Gasteiger partial charge in [0, 0.05) is 4.47 Å². The first kappa shape index (κ1) is 17.0. The van der Waals surface area contributed by atoms with Crippen molar-refractivity contribution in [3.05, 3.63) is 72.2 Å². The lowest BCUT2D eigenvalue weighted by molar-refractivity contribution is -0.139. The van der Waals surface area contributed by atoms with E-state index in [-0.39, 0.29) is 29.5 Å². The molecule has 0 fully saturated rings. The quantitative estimate of drug-likeness (QED) is 0.653. The summed E-state index contributed by atoms with van der Waals surface area (Å²) >= 11 is 3.42. The molecule has 3 rings (SSSR count). The summed E-state index contributed by atoms with van der Waals surface area (Å²) in [7, 11) is 0. The zero-order valence-corrected chi connectivity index (χ0v) is 14.7. The van der Waals surface area contributed by atoms with Crippen LogP contribution >= 0.6 is 15.9 Å². The van der Waals surface area contributed by atoms with Crippen LogP contribution in [0.25, 0.3) is 0 Å². The minimum absolute atomic E-state index is 0.00111. The van der Waals surface area contributed by atoms with Crippen LogP contribution in [0.2, 0.25) is 0 Å². The first-order valence-corrected chi connectivity index (χ1v) is 8.18. The molecule has 0 spiro atoms. The van der Waals surface area contributed by atoms with Crippen LogP contribution in [-0.2, 0) is 9.53 Å². The molecule has 0 bridgehead atoms. The van der Waals surface area contributed by atoms with Gasteiger partial charge in [0.15, 0.2) is 0 Å². The first-order chi connectivity index (χ1) is 11.9. The molecule has 0 amide bonds. The Bertz CT molecular complexity index is 992. The molecule has 25 heavy (non-hydrogen) atoms. The summed E-state index contributed by atoms with van der Waals surface area (Å²) in [4.78, 5) is 41.0. The van der Waals surface area contributed by atoms with Crippen molar-refractivity contribution in [3.63, 3.8) is 0 Å². The number of carbonyl (C=O) groups is 1. The van der Waals surface area contributed by atoms with Crippen LogP contribution in [0.5, 0.6) is 5.88 Å². The molecule has 1 aromatic heterocycles. The van der Waals surface area contributed by atoms with Gasteiger partial charge < -0.3 is 15.2 Å². The van der Waals surface area contributed by atoms with Crippen LogP contribution in [0.3, 0.4) is 0 Å². The zero-order valence-electron chi connectivity index (χ0n) is 13.1. The fourth-order valence-electron chi connectivity index (χ4n) is 2.72. The molecule has 8 nitrogen and oxygen atoms in total. The predicted molar refractivity (Wildman–Crippen MR) is 92.1 cm³/mol. The summed E-state index contributed by atoms with van der Waals surface area (Å²) in [6.07, 6.45) is 0. The van der Waals surface area contributed by atoms with Gasteiger partial charge in [-0.2, -0.15) is 0 Å². The van der Waals surface area contributed by atoms with Crippen LogP contribution in [0.4, 0.5) is 0 Å². The summed E-state index contributed by atoms with van der Waals surface area (Å²) in [5.41, 5.74) is 5.18. The third kappa shape index (κ3) is 2.98. The minimum Gasteiger partial charge on any atom is -0.462 e. The van der Waals surface area contributed by atoms with E-state index in [0.717, 1.165) is 0 Å². The number of ether oxygens (including phenoxy) is 2. The molecule has 0 saturated carbocycles. The van der Waals surface area contributed by atoms with Crippen molar-refractivity contribution in [2.75, 3.05) is 6.61 Å². The van der Waals surface area contributed by atoms with Crippen LogP contribution in [0.1, 0.15) is 24.0 Å². The van der Waals surface area contributed by atoms with Crippen LogP contribution < -0.4 is 21.7 Å². The smallest absolute Gasteiger partial charge is 0.340 e. The van der Waals surface area contributed by atoms with Gasteiger partial charge in [-0.3, -0.25) is 14.8 Å². The Balaban J connectivity index is 2.32.